The predicted octanol–water partition coefficient (Wildman–Crippen LogP) is 5.54. The number of likely N-dealkylation sites (tertiary alicyclic amines) is 1. The Labute approximate surface area is 272 Å². The number of aliphatic hydroxyl groups is 1. The summed E-state index contributed by atoms with van der Waals surface area (Å²) in [4.78, 5) is 49.6. The molecule has 3 saturated heterocycles. The molecule has 3 aliphatic rings. The molecule has 3 amide bonds. The van der Waals surface area contributed by atoms with Gasteiger partial charge in [-0.3, -0.25) is 14.4 Å². The molecule has 2 bridgehead atoms. The van der Waals surface area contributed by atoms with Crippen molar-refractivity contribution in [3.05, 3.63) is 90.5 Å². The number of nitrogens with zero attached hydrogens (tertiary/aromatic N) is 3. The first kappa shape index (κ1) is 33.0. The fourth-order valence-electron chi connectivity index (χ4n) is 7.82. The average Bonchev–Trinajstić information content (AvgIpc) is 3.68. The summed E-state index contributed by atoms with van der Waals surface area (Å²) in [5.74, 6) is -1.65. The molecule has 2 unspecified atom stereocenters. The number of hydrogen-bond acceptors (Lipinski definition) is 5. The van der Waals surface area contributed by atoms with Gasteiger partial charge in [0.15, 0.2) is 0 Å². The van der Waals surface area contributed by atoms with E-state index >= 15 is 4.79 Å². The van der Waals surface area contributed by atoms with Crippen LogP contribution in [0.1, 0.15) is 49.8 Å². The lowest BCUT2D eigenvalue weighted by Gasteiger charge is -2.41. The molecule has 0 radical (unpaired) electrons. The van der Waals surface area contributed by atoms with Gasteiger partial charge in [0.05, 0.1) is 29.2 Å². The van der Waals surface area contributed by atoms with Crippen molar-refractivity contribution in [3.8, 4) is 0 Å². The van der Waals surface area contributed by atoms with E-state index in [0.717, 1.165) is 35.2 Å². The smallest absolute Gasteiger partial charge is 0.251 e. The van der Waals surface area contributed by atoms with E-state index in [-0.39, 0.29) is 42.0 Å². The van der Waals surface area contributed by atoms with Crippen LogP contribution in [-0.4, -0.2) is 74.4 Å². The molecule has 240 valence electrons. The number of fused-ring (bicyclic) bond motifs is 1. The Morgan fingerprint density at radius 3 is 2.47 bits per heavy atom. The second kappa shape index (κ2) is 13.6. The highest BCUT2D eigenvalue weighted by molar-refractivity contribution is 8.02. The average molecular weight is 630 g/mol. The van der Waals surface area contributed by atoms with E-state index in [1.807, 2.05) is 76.2 Å². The second-order valence-corrected chi connectivity index (χ2v) is 14.6. The van der Waals surface area contributed by atoms with Gasteiger partial charge in [-0.15, -0.1) is 24.9 Å². The maximum absolute atomic E-state index is 15.0. The number of thioether (sulfide) groups is 1. The third kappa shape index (κ3) is 5.76. The molecule has 2 aromatic rings. The summed E-state index contributed by atoms with van der Waals surface area (Å²) in [7, 11) is 0. The van der Waals surface area contributed by atoms with E-state index < -0.39 is 28.7 Å². The van der Waals surface area contributed by atoms with Gasteiger partial charge in [0.1, 0.15) is 6.04 Å². The number of aryl methyl sites for hydroxylation is 2. The minimum absolute atomic E-state index is 0.0373. The zero-order chi connectivity index (χ0) is 32.5. The van der Waals surface area contributed by atoms with Gasteiger partial charge in [-0.2, -0.15) is 0 Å². The molecule has 2 aromatic carbocycles. The van der Waals surface area contributed by atoms with Crippen LogP contribution in [0.5, 0.6) is 0 Å². The Hall–Kier alpha value is -3.36. The Balaban J connectivity index is 1.60. The van der Waals surface area contributed by atoms with Crippen LogP contribution < -0.4 is 4.90 Å². The maximum atomic E-state index is 15.0. The Morgan fingerprint density at radius 2 is 1.82 bits per heavy atom. The van der Waals surface area contributed by atoms with Crippen molar-refractivity contribution in [2.75, 3.05) is 24.6 Å². The fraction of sp³-hybridized carbons (Fsp3) is 0.486. The molecule has 0 saturated carbocycles. The number of carbonyl (C=O) groups excluding carboxylic acids is 3. The van der Waals surface area contributed by atoms with Gasteiger partial charge < -0.3 is 19.8 Å². The van der Waals surface area contributed by atoms with Crippen LogP contribution in [0.2, 0.25) is 0 Å². The molecule has 1 N–H and O–H groups in total. The molecule has 0 aliphatic carbocycles. The third-order valence-corrected chi connectivity index (χ3v) is 12.2. The van der Waals surface area contributed by atoms with Gasteiger partial charge >= 0.3 is 0 Å². The first-order valence-electron chi connectivity index (χ1n) is 16.2. The minimum atomic E-state index is -0.809. The summed E-state index contributed by atoms with van der Waals surface area (Å²) in [6.45, 7) is 16.7. The van der Waals surface area contributed by atoms with Gasteiger partial charge in [-0.05, 0) is 55.4 Å². The number of anilines is 1. The normalized spacial score (nSPS) is 26.3. The highest BCUT2D eigenvalue weighted by atomic mass is 32.2. The standard InChI is InChI=1S/C37H47N3O4S/c1-7-19-38(22-27-13-11-10-12-14-27)34(42)31-30-17-18-37(45-30)32(31)35(43)40(29(23-41)25(5)9-3)33(37)36(44)39(20-8-2)28-21-24(4)15-16-26(28)6/h7-8,10-16,21,25,29-33,41H,1-2,9,17-20,22-23H2,3-6H3/t25-,29-,30-,31+,32-,33?,37?/m0/s1. The summed E-state index contributed by atoms with van der Waals surface area (Å²) in [6.07, 6.45) is 5.62. The van der Waals surface area contributed by atoms with Gasteiger partial charge in [0.25, 0.3) is 5.91 Å². The molecule has 45 heavy (non-hydrogen) atoms. The van der Waals surface area contributed by atoms with E-state index in [2.05, 4.69) is 13.2 Å². The highest BCUT2D eigenvalue weighted by Crippen LogP contribution is 2.67. The Bertz CT molecular complexity index is 1450. The van der Waals surface area contributed by atoms with E-state index in [1.165, 1.54) is 0 Å². The van der Waals surface area contributed by atoms with Crippen molar-refractivity contribution in [3.63, 3.8) is 0 Å². The quantitative estimate of drug-likeness (QED) is 0.295. The lowest BCUT2D eigenvalue weighted by molar-refractivity contribution is -0.146. The topological polar surface area (TPSA) is 81.2 Å². The SMILES string of the molecule is C=CCN(Cc1ccccc1)C(=O)[C@@H]1[C@@H]2CCC3(S2)C(C(=O)N(CC=C)c2cc(C)ccc2C)N([C@@H](CO)[C@@H](C)CC)C(=O)[C@H]13. The van der Waals surface area contributed by atoms with Crippen LogP contribution in [0, 0.1) is 31.6 Å². The van der Waals surface area contributed by atoms with Crippen molar-refractivity contribution >= 4 is 35.2 Å². The summed E-state index contributed by atoms with van der Waals surface area (Å²) < 4.78 is -0.760. The predicted molar refractivity (Wildman–Crippen MR) is 182 cm³/mol. The van der Waals surface area contributed by atoms with Crippen LogP contribution in [0.4, 0.5) is 5.69 Å². The van der Waals surface area contributed by atoms with E-state index in [0.29, 0.717) is 19.5 Å². The number of rotatable bonds is 13. The molecule has 5 rings (SSSR count). The van der Waals surface area contributed by atoms with Gasteiger partial charge in [-0.1, -0.05) is 74.9 Å². The molecule has 7 atom stereocenters. The van der Waals surface area contributed by atoms with Gasteiger partial charge in [0.2, 0.25) is 11.8 Å². The van der Waals surface area contributed by atoms with Crippen LogP contribution in [0.15, 0.2) is 73.8 Å². The van der Waals surface area contributed by atoms with Crippen molar-refractivity contribution in [2.45, 2.75) is 75.6 Å². The van der Waals surface area contributed by atoms with Crippen molar-refractivity contribution in [1.82, 2.24) is 9.80 Å². The second-order valence-electron chi connectivity index (χ2n) is 13.0. The highest BCUT2D eigenvalue weighted by Gasteiger charge is 2.74. The monoisotopic (exact) mass is 629 g/mol. The molecule has 3 fully saturated rings. The largest absolute Gasteiger partial charge is 0.394 e. The molecule has 8 heteroatoms. The van der Waals surface area contributed by atoms with E-state index in [9.17, 15) is 14.7 Å². The fourth-order valence-corrected chi connectivity index (χ4v) is 10.0. The van der Waals surface area contributed by atoms with Gasteiger partial charge in [-0.25, -0.2) is 0 Å². The van der Waals surface area contributed by atoms with Crippen LogP contribution in [0.3, 0.4) is 0 Å². The Kier molecular flexibility index (Phi) is 9.94. The van der Waals surface area contributed by atoms with E-state index in [1.54, 1.807) is 38.6 Å². The summed E-state index contributed by atoms with van der Waals surface area (Å²) in [5, 5.41) is 10.7. The molecular formula is C37H47N3O4S. The first-order chi connectivity index (χ1) is 21.6. The minimum Gasteiger partial charge on any atom is -0.394 e. The molecule has 7 nitrogen and oxygen atoms in total. The van der Waals surface area contributed by atoms with Gasteiger partial charge in [0, 0.05) is 30.6 Å². The van der Waals surface area contributed by atoms with Crippen LogP contribution >= 0.6 is 11.8 Å². The molecule has 3 aliphatic heterocycles. The zero-order valence-corrected chi connectivity index (χ0v) is 27.8. The van der Waals surface area contributed by atoms with Crippen LogP contribution in [-0.2, 0) is 20.9 Å². The number of amides is 3. The maximum Gasteiger partial charge on any atom is 0.251 e. The summed E-state index contributed by atoms with van der Waals surface area (Å²) >= 11 is 1.67. The van der Waals surface area contributed by atoms with Crippen molar-refractivity contribution in [2.24, 2.45) is 17.8 Å². The lowest BCUT2D eigenvalue weighted by Crippen LogP contribution is -2.59. The number of hydrogen-bond donors (Lipinski definition) is 1. The Morgan fingerprint density at radius 1 is 1.11 bits per heavy atom. The first-order valence-corrected chi connectivity index (χ1v) is 17.0. The summed E-state index contributed by atoms with van der Waals surface area (Å²) in [5.41, 5.74) is 3.79. The number of aliphatic hydroxyl groups excluding tert-OH is 1. The lowest BCUT2D eigenvalue weighted by atomic mass is 9.70. The summed E-state index contributed by atoms with van der Waals surface area (Å²) in [6, 6.07) is 14.5. The van der Waals surface area contributed by atoms with Crippen molar-refractivity contribution < 1.29 is 19.5 Å². The molecular weight excluding hydrogens is 582 g/mol. The number of carbonyl (C=O) groups is 3. The third-order valence-electron chi connectivity index (χ3n) is 10.2. The number of benzene rings is 2. The molecule has 3 heterocycles. The molecule has 1 spiro atoms. The molecule has 0 aromatic heterocycles. The zero-order valence-electron chi connectivity index (χ0n) is 27.0. The van der Waals surface area contributed by atoms with Crippen molar-refractivity contribution in [1.29, 1.82) is 0 Å². The van der Waals surface area contributed by atoms with Crippen LogP contribution in [0.25, 0.3) is 0 Å². The van der Waals surface area contributed by atoms with E-state index in [4.69, 9.17) is 0 Å².